The van der Waals surface area contributed by atoms with Crippen molar-refractivity contribution in [1.29, 1.82) is 0 Å². The van der Waals surface area contributed by atoms with E-state index in [0.717, 1.165) is 13.1 Å². The van der Waals surface area contributed by atoms with Crippen LogP contribution in [0.3, 0.4) is 0 Å². The van der Waals surface area contributed by atoms with Gasteiger partial charge in [-0.3, -0.25) is 4.90 Å². The SMILES string of the molecule is CCN1C[C@@H](C)N(c2ccccc2C)C[C@@H]1C. The zero-order valence-corrected chi connectivity index (χ0v) is 11.5. The predicted molar refractivity (Wildman–Crippen MR) is 74.7 cm³/mol. The Balaban J connectivity index is 2.20. The second-order valence-electron chi connectivity index (χ2n) is 5.22. The van der Waals surface area contributed by atoms with Gasteiger partial charge in [0.15, 0.2) is 0 Å². The van der Waals surface area contributed by atoms with Crippen LogP contribution in [-0.2, 0) is 0 Å². The van der Waals surface area contributed by atoms with E-state index in [4.69, 9.17) is 0 Å². The average Bonchev–Trinajstić information content (AvgIpc) is 2.32. The lowest BCUT2D eigenvalue weighted by Crippen LogP contribution is -2.56. The number of hydrogen-bond acceptors (Lipinski definition) is 2. The van der Waals surface area contributed by atoms with Crippen molar-refractivity contribution < 1.29 is 0 Å². The molecule has 2 heteroatoms. The summed E-state index contributed by atoms with van der Waals surface area (Å²) in [6, 6.07) is 9.98. The molecule has 0 radical (unpaired) electrons. The summed E-state index contributed by atoms with van der Waals surface area (Å²) in [4.78, 5) is 5.13. The number of rotatable bonds is 2. The fraction of sp³-hybridized carbons (Fsp3) is 0.600. The first kappa shape index (κ1) is 12.4. The lowest BCUT2D eigenvalue weighted by Gasteiger charge is -2.45. The lowest BCUT2D eigenvalue weighted by molar-refractivity contribution is 0.175. The molecule has 1 aromatic carbocycles. The standard InChI is InChI=1S/C15H24N2/c1-5-16-10-14(4)17(11-13(16)3)15-9-7-6-8-12(15)2/h6-9,13-14H,5,10-11H2,1-4H3/t13-,14+/m0/s1. The van der Waals surface area contributed by atoms with Gasteiger partial charge in [-0.2, -0.15) is 0 Å². The molecule has 1 fully saturated rings. The number of aryl methyl sites for hydroxylation is 1. The van der Waals surface area contributed by atoms with Crippen LogP contribution in [0, 0.1) is 6.92 Å². The van der Waals surface area contributed by atoms with E-state index in [1.165, 1.54) is 17.8 Å². The van der Waals surface area contributed by atoms with E-state index in [0.29, 0.717) is 12.1 Å². The molecule has 2 atom stereocenters. The molecule has 0 aromatic heterocycles. The number of anilines is 1. The summed E-state index contributed by atoms with van der Waals surface area (Å²) in [5.74, 6) is 0. The Morgan fingerprint density at radius 2 is 1.82 bits per heavy atom. The highest BCUT2D eigenvalue weighted by Crippen LogP contribution is 2.25. The Bertz CT molecular complexity index is 375. The van der Waals surface area contributed by atoms with E-state index >= 15 is 0 Å². The van der Waals surface area contributed by atoms with Gasteiger partial charge in [-0.05, 0) is 38.9 Å². The van der Waals surface area contributed by atoms with E-state index in [1.54, 1.807) is 0 Å². The molecule has 0 spiro atoms. The van der Waals surface area contributed by atoms with Crippen molar-refractivity contribution in [2.75, 3.05) is 24.5 Å². The van der Waals surface area contributed by atoms with Gasteiger partial charge in [-0.1, -0.05) is 25.1 Å². The molecule has 1 saturated heterocycles. The third-order valence-corrected chi connectivity index (χ3v) is 3.95. The highest BCUT2D eigenvalue weighted by molar-refractivity contribution is 5.54. The van der Waals surface area contributed by atoms with Crippen molar-refractivity contribution in [1.82, 2.24) is 4.90 Å². The molecule has 1 aromatic rings. The van der Waals surface area contributed by atoms with Crippen LogP contribution in [0.1, 0.15) is 26.3 Å². The molecular weight excluding hydrogens is 208 g/mol. The Hall–Kier alpha value is -1.02. The topological polar surface area (TPSA) is 6.48 Å². The molecule has 1 aliphatic rings. The van der Waals surface area contributed by atoms with Gasteiger partial charge in [-0.25, -0.2) is 0 Å². The zero-order valence-electron chi connectivity index (χ0n) is 11.5. The summed E-state index contributed by atoms with van der Waals surface area (Å²) in [6.07, 6.45) is 0. The highest BCUT2D eigenvalue weighted by atomic mass is 15.3. The third kappa shape index (κ3) is 2.47. The largest absolute Gasteiger partial charge is 0.366 e. The smallest absolute Gasteiger partial charge is 0.0399 e. The lowest BCUT2D eigenvalue weighted by atomic mass is 10.1. The molecule has 1 heterocycles. The van der Waals surface area contributed by atoms with Crippen LogP contribution in [0.15, 0.2) is 24.3 Å². The molecule has 2 rings (SSSR count). The maximum atomic E-state index is 2.57. The average molecular weight is 232 g/mol. The molecule has 0 amide bonds. The van der Waals surface area contributed by atoms with Gasteiger partial charge >= 0.3 is 0 Å². The maximum absolute atomic E-state index is 2.57. The number of benzene rings is 1. The first-order chi connectivity index (χ1) is 8.13. The van der Waals surface area contributed by atoms with Crippen molar-refractivity contribution in [2.24, 2.45) is 0 Å². The molecule has 0 bridgehead atoms. The Morgan fingerprint density at radius 3 is 2.47 bits per heavy atom. The fourth-order valence-corrected chi connectivity index (χ4v) is 2.86. The van der Waals surface area contributed by atoms with Gasteiger partial charge in [-0.15, -0.1) is 0 Å². The van der Waals surface area contributed by atoms with Gasteiger partial charge in [0.1, 0.15) is 0 Å². The van der Waals surface area contributed by atoms with E-state index < -0.39 is 0 Å². The number of likely N-dealkylation sites (N-methyl/N-ethyl adjacent to an activating group) is 1. The number of hydrogen-bond donors (Lipinski definition) is 0. The molecule has 0 aliphatic carbocycles. The minimum atomic E-state index is 0.604. The normalized spacial score (nSPS) is 26.2. The van der Waals surface area contributed by atoms with Crippen LogP contribution in [0.2, 0.25) is 0 Å². The van der Waals surface area contributed by atoms with E-state index in [1.807, 2.05) is 0 Å². The molecule has 17 heavy (non-hydrogen) atoms. The fourth-order valence-electron chi connectivity index (χ4n) is 2.86. The number of para-hydroxylation sites is 1. The van der Waals surface area contributed by atoms with Gasteiger partial charge < -0.3 is 4.90 Å². The van der Waals surface area contributed by atoms with Crippen LogP contribution in [-0.4, -0.2) is 36.6 Å². The third-order valence-electron chi connectivity index (χ3n) is 3.95. The van der Waals surface area contributed by atoms with Crippen molar-refractivity contribution in [3.63, 3.8) is 0 Å². The molecule has 0 saturated carbocycles. The highest BCUT2D eigenvalue weighted by Gasteiger charge is 2.28. The Morgan fingerprint density at radius 1 is 1.12 bits per heavy atom. The quantitative estimate of drug-likeness (QED) is 0.773. The number of nitrogens with zero attached hydrogens (tertiary/aromatic N) is 2. The molecule has 2 nitrogen and oxygen atoms in total. The second-order valence-corrected chi connectivity index (χ2v) is 5.22. The van der Waals surface area contributed by atoms with Crippen molar-refractivity contribution >= 4 is 5.69 Å². The second kappa shape index (κ2) is 5.09. The van der Waals surface area contributed by atoms with E-state index in [9.17, 15) is 0 Å². The first-order valence-corrected chi connectivity index (χ1v) is 6.69. The Labute approximate surface area is 105 Å². The number of piperazine rings is 1. The van der Waals surface area contributed by atoms with Gasteiger partial charge in [0.05, 0.1) is 0 Å². The van der Waals surface area contributed by atoms with Crippen LogP contribution in [0.4, 0.5) is 5.69 Å². The van der Waals surface area contributed by atoms with Gasteiger partial charge in [0.2, 0.25) is 0 Å². The van der Waals surface area contributed by atoms with Crippen LogP contribution in [0.5, 0.6) is 0 Å². The van der Waals surface area contributed by atoms with Crippen LogP contribution >= 0.6 is 0 Å². The summed E-state index contributed by atoms with van der Waals surface area (Å²) in [5, 5.41) is 0. The molecule has 0 unspecified atom stereocenters. The van der Waals surface area contributed by atoms with E-state index in [-0.39, 0.29) is 0 Å². The van der Waals surface area contributed by atoms with Crippen LogP contribution < -0.4 is 4.90 Å². The monoisotopic (exact) mass is 232 g/mol. The van der Waals surface area contributed by atoms with Crippen molar-refractivity contribution in [3.8, 4) is 0 Å². The molecule has 1 aliphatic heterocycles. The van der Waals surface area contributed by atoms with Gasteiger partial charge in [0.25, 0.3) is 0 Å². The minimum absolute atomic E-state index is 0.604. The summed E-state index contributed by atoms with van der Waals surface area (Å²) in [5.41, 5.74) is 2.79. The zero-order chi connectivity index (χ0) is 12.4. The Kier molecular flexibility index (Phi) is 3.72. The maximum Gasteiger partial charge on any atom is 0.0399 e. The minimum Gasteiger partial charge on any atom is -0.366 e. The van der Waals surface area contributed by atoms with Crippen LogP contribution in [0.25, 0.3) is 0 Å². The van der Waals surface area contributed by atoms with Crippen molar-refractivity contribution in [3.05, 3.63) is 29.8 Å². The summed E-state index contributed by atoms with van der Waals surface area (Å²) in [6.45, 7) is 12.6. The molecule has 0 N–H and O–H groups in total. The molecular formula is C15H24N2. The summed E-state index contributed by atoms with van der Waals surface area (Å²) >= 11 is 0. The van der Waals surface area contributed by atoms with Crippen molar-refractivity contribution in [2.45, 2.75) is 39.8 Å². The summed E-state index contributed by atoms with van der Waals surface area (Å²) in [7, 11) is 0. The van der Waals surface area contributed by atoms with E-state index in [2.05, 4.69) is 61.8 Å². The molecule has 94 valence electrons. The first-order valence-electron chi connectivity index (χ1n) is 6.69. The van der Waals surface area contributed by atoms with Gasteiger partial charge in [0, 0.05) is 30.9 Å². The summed E-state index contributed by atoms with van der Waals surface area (Å²) < 4.78 is 0. The predicted octanol–water partition coefficient (Wildman–Crippen LogP) is 2.91.